The lowest BCUT2D eigenvalue weighted by Gasteiger charge is -2.21. The molecule has 1 N–H and O–H groups in total. The van der Waals surface area contributed by atoms with Crippen LogP contribution in [0.25, 0.3) is 0 Å². The molecule has 0 radical (unpaired) electrons. The first-order valence-corrected chi connectivity index (χ1v) is 9.41. The molecule has 7 nitrogen and oxygen atoms in total. The van der Waals surface area contributed by atoms with Crippen molar-refractivity contribution < 1.29 is 28.2 Å². The number of hydrogen-bond donors (Lipinski definition) is 1. The lowest BCUT2D eigenvalue weighted by Crippen LogP contribution is -2.44. The van der Waals surface area contributed by atoms with Crippen LogP contribution in [0.5, 0.6) is 11.5 Å². The van der Waals surface area contributed by atoms with E-state index in [-0.39, 0.29) is 11.3 Å². The number of halogens is 1. The summed E-state index contributed by atoms with van der Waals surface area (Å²) in [5.41, 5.74) is -0.174. The molecule has 0 bridgehead atoms. The molecule has 1 atom stereocenters. The normalized spacial score (nSPS) is 18.3. The molecule has 2 aromatic rings. The number of carbonyl (C=O) groups excluding carboxylic acids is 3. The van der Waals surface area contributed by atoms with E-state index in [9.17, 15) is 18.8 Å². The zero-order chi connectivity index (χ0) is 21.9. The zero-order valence-electron chi connectivity index (χ0n) is 17.0. The van der Waals surface area contributed by atoms with Gasteiger partial charge in [0, 0.05) is 0 Å². The number of benzene rings is 2. The highest BCUT2D eigenvalue weighted by molar-refractivity contribution is 6.11. The Hall–Kier alpha value is -3.42. The fourth-order valence-corrected chi connectivity index (χ4v) is 3.37. The van der Waals surface area contributed by atoms with Crippen molar-refractivity contribution in [2.24, 2.45) is 0 Å². The van der Waals surface area contributed by atoms with Crippen molar-refractivity contribution in [3.63, 3.8) is 0 Å². The molecule has 2 aromatic carbocycles. The second kappa shape index (κ2) is 8.52. The first-order chi connectivity index (χ1) is 14.3. The minimum absolute atomic E-state index is 0.0232. The number of nitrogens with zero attached hydrogens (tertiary/aromatic N) is 1. The Morgan fingerprint density at radius 3 is 2.43 bits per heavy atom. The first kappa shape index (κ1) is 21.3. The third-order valence-electron chi connectivity index (χ3n) is 5.18. The second-order valence-corrected chi connectivity index (χ2v) is 7.27. The topological polar surface area (TPSA) is 84.9 Å². The molecule has 0 aromatic heterocycles. The highest BCUT2D eigenvalue weighted by Crippen LogP contribution is 2.26. The lowest BCUT2D eigenvalue weighted by molar-refractivity contribution is -0.130. The predicted octanol–water partition coefficient (Wildman–Crippen LogP) is 2.97. The first-order valence-electron chi connectivity index (χ1n) is 9.41. The molecular weight excluding hydrogens is 391 g/mol. The van der Waals surface area contributed by atoms with E-state index in [1.54, 1.807) is 14.0 Å². The van der Waals surface area contributed by atoms with Crippen LogP contribution < -0.4 is 14.8 Å². The van der Waals surface area contributed by atoms with Crippen molar-refractivity contribution in [2.45, 2.75) is 25.3 Å². The Bertz CT molecular complexity index is 976. The standard InChI is InChI=1S/C22H23FN2O5/c1-22(11-10-14-4-7-16(29-2)8-5-14)20(27)25(21(28)24-22)13-18(26)17-12-15(23)6-9-19(17)30-3/h4-9,12H,10-11,13H2,1-3H3,(H,24,28)/t22-/m1/s1. The number of hydrogen-bond acceptors (Lipinski definition) is 5. The Balaban J connectivity index is 1.70. The summed E-state index contributed by atoms with van der Waals surface area (Å²) in [6.07, 6.45) is 0.907. The molecule has 3 rings (SSSR count). The number of carbonyl (C=O) groups is 3. The number of Topliss-reactive ketones (excluding diaryl/α,β-unsaturated/α-hetero) is 1. The van der Waals surface area contributed by atoms with Crippen molar-refractivity contribution in [2.75, 3.05) is 20.8 Å². The average Bonchev–Trinajstić information content (AvgIpc) is 2.95. The summed E-state index contributed by atoms with van der Waals surface area (Å²) in [7, 11) is 2.94. The quantitative estimate of drug-likeness (QED) is 0.530. The molecule has 8 heteroatoms. The highest BCUT2D eigenvalue weighted by atomic mass is 19.1. The predicted molar refractivity (Wildman–Crippen MR) is 107 cm³/mol. The number of imide groups is 1. The van der Waals surface area contributed by atoms with Crippen LogP contribution in [-0.2, 0) is 11.2 Å². The van der Waals surface area contributed by atoms with E-state index >= 15 is 0 Å². The van der Waals surface area contributed by atoms with Crippen LogP contribution >= 0.6 is 0 Å². The molecule has 1 aliphatic rings. The maximum atomic E-state index is 13.6. The van der Waals surface area contributed by atoms with Gasteiger partial charge in [0.15, 0.2) is 5.78 Å². The van der Waals surface area contributed by atoms with Crippen LogP contribution in [0.3, 0.4) is 0 Å². The van der Waals surface area contributed by atoms with E-state index in [4.69, 9.17) is 9.47 Å². The summed E-state index contributed by atoms with van der Waals surface area (Å²) < 4.78 is 23.8. The molecule has 158 valence electrons. The summed E-state index contributed by atoms with van der Waals surface area (Å²) >= 11 is 0. The van der Waals surface area contributed by atoms with Crippen molar-refractivity contribution in [1.29, 1.82) is 0 Å². The molecule has 1 heterocycles. The van der Waals surface area contributed by atoms with Gasteiger partial charge in [0.2, 0.25) is 0 Å². The summed E-state index contributed by atoms with van der Waals surface area (Å²) in [6.45, 7) is 1.13. The summed E-state index contributed by atoms with van der Waals surface area (Å²) in [5, 5.41) is 2.67. The molecular formula is C22H23FN2O5. The number of aryl methyl sites for hydroxylation is 1. The lowest BCUT2D eigenvalue weighted by atomic mass is 9.93. The maximum Gasteiger partial charge on any atom is 0.325 e. The molecule has 1 fully saturated rings. The van der Waals surface area contributed by atoms with E-state index < -0.39 is 35.6 Å². The SMILES string of the molecule is COc1ccc(CC[C@@]2(C)NC(=O)N(CC(=O)c3cc(F)ccc3OC)C2=O)cc1. The minimum atomic E-state index is -1.14. The van der Waals surface area contributed by atoms with Gasteiger partial charge in [-0.2, -0.15) is 0 Å². The maximum absolute atomic E-state index is 13.6. The number of rotatable bonds is 8. The van der Waals surface area contributed by atoms with E-state index in [0.29, 0.717) is 12.8 Å². The summed E-state index contributed by atoms with van der Waals surface area (Å²) in [6, 6.07) is 10.3. The molecule has 0 unspecified atom stereocenters. The fraction of sp³-hybridized carbons (Fsp3) is 0.318. The molecule has 1 saturated heterocycles. The van der Waals surface area contributed by atoms with Crippen LogP contribution in [0.15, 0.2) is 42.5 Å². The van der Waals surface area contributed by atoms with Crippen molar-refractivity contribution >= 4 is 17.7 Å². The van der Waals surface area contributed by atoms with Crippen molar-refractivity contribution in [3.8, 4) is 11.5 Å². The summed E-state index contributed by atoms with van der Waals surface area (Å²) in [4.78, 5) is 38.8. The van der Waals surface area contributed by atoms with Gasteiger partial charge in [0.05, 0.1) is 26.3 Å². The molecule has 30 heavy (non-hydrogen) atoms. The van der Waals surface area contributed by atoms with Crippen LogP contribution in [0.4, 0.5) is 9.18 Å². The Kier molecular flexibility index (Phi) is 6.05. The van der Waals surface area contributed by atoms with Crippen LogP contribution in [0, 0.1) is 5.82 Å². The molecule has 0 saturated carbocycles. The number of urea groups is 1. The van der Waals surface area contributed by atoms with Gasteiger partial charge < -0.3 is 14.8 Å². The number of ether oxygens (including phenoxy) is 2. The second-order valence-electron chi connectivity index (χ2n) is 7.27. The Morgan fingerprint density at radius 2 is 1.80 bits per heavy atom. The third-order valence-corrected chi connectivity index (χ3v) is 5.18. The van der Waals surface area contributed by atoms with Crippen LogP contribution in [-0.4, -0.2) is 48.9 Å². The Labute approximate surface area is 173 Å². The van der Waals surface area contributed by atoms with Gasteiger partial charge in [0.1, 0.15) is 22.9 Å². The smallest absolute Gasteiger partial charge is 0.325 e. The number of amides is 3. The zero-order valence-corrected chi connectivity index (χ0v) is 17.0. The highest BCUT2D eigenvalue weighted by Gasteiger charge is 2.48. The Morgan fingerprint density at radius 1 is 1.10 bits per heavy atom. The van der Waals surface area contributed by atoms with E-state index in [2.05, 4.69) is 5.32 Å². The minimum Gasteiger partial charge on any atom is -0.497 e. The third kappa shape index (κ3) is 4.27. The van der Waals surface area contributed by atoms with Gasteiger partial charge in [0.25, 0.3) is 5.91 Å². The van der Waals surface area contributed by atoms with Crippen LogP contribution in [0.1, 0.15) is 29.3 Å². The molecule has 0 spiro atoms. The number of ketones is 1. The van der Waals surface area contributed by atoms with E-state index in [1.165, 1.54) is 19.2 Å². The number of methoxy groups -OCH3 is 2. The van der Waals surface area contributed by atoms with E-state index in [1.807, 2.05) is 24.3 Å². The number of nitrogens with one attached hydrogen (secondary N) is 1. The van der Waals surface area contributed by atoms with Crippen molar-refractivity contribution in [1.82, 2.24) is 10.2 Å². The van der Waals surface area contributed by atoms with Gasteiger partial charge in [-0.1, -0.05) is 12.1 Å². The van der Waals surface area contributed by atoms with Crippen molar-refractivity contribution in [3.05, 3.63) is 59.4 Å². The molecule has 0 aliphatic carbocycles. The van der Waals surface area contributed by atoms with Gasteiger partial charge in [-0.15, -0.1) is 0 Å². The largest absolute Gasteiger partial charge is 0.497 e. The fourth-order valence-electron chi connectivity index (χ4n) is 3.37. The van der Waals surface area contributed by atoms with E-state index in [0.717, 1.165) is 22.3 Å². The van der Waals surface area contributed by atoms with Gasteiger partial charge >= 0.3 is 6.03 Å². The summed E-state index contributed by atoms with van der Waals surface area (Å²) in [5.74, 6) is -0.789. The van der Waals surface area contributed by atoms with Gasteiger partial charge in [-0.3, -0.25) is 14.5 Å². The van der Waals surface area contributed by atoms with Crippen LogP contribution in [0.2, 0.25) is 0 Å². The van der Waals surface area contributed by atoms with Gasteiger partial charge in [-0.25, -0.2) is 9.18 Å². The molecule has 1 aliphatic heterocycles. The molecule has 3 amide bonds. The van der Waals surface area contributed by atoms with Gasteiger partial charge in [-0.05, 0) is 55.7 Å². The monoisotopic (exact) mass is 414 g/mol. The average molecular weight is 414 g/mol.